The van der Waals surface area contributed by atoms with Crippen molar-refractivity contribution in [3.05, 3.63) is 35.5 Å². The molecule has 0 saturated carbocycles. The smallest absolute Gasteiger partial charge is 0.232 e. The van der Waals surface area contributed by atoms with Gasteiger partial charge in [0.25, 0.3) is 0 Å². The summed E-state index contributed by atoms with van der Waals surface area (Å²) < 4.78 is 18.4. The second kappa shape index (κ2) is 5.71. The van der Waals surface area contributed by atoms with Crippen LogP contribution in [-0.2, 0) is 0 Å². The van der Waals surface area contributed by atoms with Crippen LogP contribution in [0.15, 0.2) is 22.7 Å². The molecule has 2 rings (SSSR count). The van der Waals surface area contributed by atoms with Crippen LogP contribution in [0, 0.1) is 18.7 Å². The molecule has 1 aromatic carbocycles. The predicted molar refractivity (Wildman–Crippen MR) is 73.7 cm³/mol. The molecule has 2 atom stereocenters. The van der Waals surface area contributed by atoms with Crippen LogP contribution in [0.4, 0.5) is 4.39 Å². The number of aliphatic hydroxyl groups excluding tert-OH is 1. The van der Waals surface area contributed by atoms with Crippen LogP contribution in [-0.4, -0.2) is 21.4 Å². The highest BCUT2D eigenvalue weighted by molar-refractivity contribution is 5.59. The molecule has 5 heteroatoms. The van der Waals surface area contributed by atoms with Crippen molar-refractivity contribution in [1.82, 2.24) is 10.1 Å². The average Bonchev–Trinajstić information content (AvgIpc) is 2.76. The molecular weight excluding hydrogens is 259 g/mol. The molecule has 0 radical (unpaired) electrons. The number of nitrogens with zero attached hydrogens (tertiary/aromatic N) is 2. The second-order valence-corrected chi connectivity index (χ2v) is 5.43. The number of aromatic nitrogens is 2. The molecule has 0 fully saturated rings. The molecule has 1 heterocycles. The van der Waals surface area contributed by atoms with Crippen LogP contribution in [0.25, 0.3) is 11.4 Å². The first-order valence-corrected chi connectivity index (χ1v) is 6.68. The van der Waals surface area contributed by atoms with E-state index in [0.717, 1.165) is 11.1 Å². The lowest BCUT2D eigenvalue weighted by molar-refractivity contribution is 0.120. The van der Waals surface area contributed by atoms with Crippen molar-refractivity contribution in [2.45, 2.75) is 39.7 Å². The molecule has 108 valence electrons. The van der Waals surface area contributed by atoms with Crippen LogP contribution in [0.3, 0.4) is 0 Å². The Morgan fingerprint density at radius 3 is 2.50 bits per heavy atom. The first kappa shape index (κ1) is 14.7. The fourth-order valence-corrected chi connectivity index (χ4v) is 2.41. The van der Waals surface area contributed by atoms with Crippen LogP contribution >= 0.6 is 0 Å². The van der Waals surface area contributed by atoms with E-state index in [4.69, 9.17) is 4.52 Å². The summed E-state index contributed by atoms with van der Waals surface area (Å²) in [6.07, 6.45) is -0.572. The van der Waals surface area contributed by atoms with Gasteiger partial charge in [0.2, 0.25) is 11.7 Å². The van der Waals surface area contributed by atoms with Gasteiger partial charge in [0.15, 0.2) is 0 Å². The summed E-state index contributed by atoms with van der Waals surface area (Å²) in [7, 11) is 0. The minimum Gasteiger partial charge on any atom is -0.393 e. The summed E-state index contributed by atoms with van der Waals surface area (Å²) in [5.41, 5.74) is 1.48. The van der Waals surface area contributed by atoms with E-state index in [1.54, 1.807) is 19.9 Å². The van der Waals surface area contributed by atoms with Gasteiger partial charge in [-0.2, -0.15) is 4.98 Å². The SMILES string of the molecule is Cc1cc(F)ccc1-c1noc(C(C(C)C)C(C)O)n1. The lowest BCUT2D eigenvalue weighted by atomic mass is 9.91. The van der Waals surface area contributed by atoms with Crippen molar-refractivity contribution in [3.63, 3.8) is 0 Å². The molecule has 2 unspecified atom stereocenters. The van der Waals surface area contributed by atoms with E-state index in [2.05, 4.69) is 10.1 Å². The molecule has 4 nitrogen and oxygen atoms in total. The van der Waals surface area contributed by atoms with Gasteiger partial charge in [0.05, 0.1) is 12.0 Å². The van der Waals surface area contributed by atoms with Crippen molar-refractivity contribution in [2.75, 3.05) is 0 Å². The Morgan fingerprint density at radius 2 is 1.95 bits per heavy atom. The lowest BCUT2D eigenvalue weighted by Crippen LogP contribution is -2.20. The van der Waals surface area contributed by atoms with Crippen LogP contribution in [0.2, 0.25) is 0 Å². The zero-order chi connectivity index (χ0) is 14.9. The minimum atomic E-state index is -0.572. The topological polar surface area (TPSA) is 59.2 Å². The van der Waals surface area contributed by atoms with Crippen molar-refractivity contribution >= 4 is 0 Å². The Morgan fingerprint density at radius 1 is 1.25 bits per heavy atom. The first-order valence-electron chi connectivity index (χ1n) is 6.68. The van der Waals surface area contributed by atoms with Crippen molar-refractivity contribution in [3.8, 4) is 11.4 Å². The van der Waals surface area contributed by atoms with E-state index in [-0.39, 0.29) is 17.7 Å². The minimum absolute atomic E-state index is 0.178. The van der Waals surface area contributed by atoms with E-state index in [1.165, 1.54) is 12.1 Å². The fourth-order valence-electron chi connectivity index (χ4n) is 2.41. The maximum atomic E-state index is 13.1. The summed E-state index contributed by atoms with van der Waals surface area (Å²) in [5.74, 6) is 0.506. The zero-order valence-corrected chi connectivity index (χ0v) is 12.1. The maximum absolute atomic E-state index is 13.1. The van der Waals surface area contributed by atoms with E-state index in [9.17, 15) is 9.50 Å². The Labute approximate surface area is 117 Å². The Balaban J connectivity index is 2.37. The normalized spacial score (nSPS) is 14.6. The number of aryl methyl sites for hydroxylation is 1. The molecule has 1 N–H and O–H groups in total. The maximum Gasteiger partial charge on any atom is 0.232 e. The Kier molecular flexibility index (Phi) is 4.18. The molecule has 1 aromatic heterocycles. The monoisotopic (exact) mass is 278 g/mol. The number of hydrogen-bond donors (Lipinski definition) is 1. The number of hydrogen-bond acceptors (Lipinski definition) is 4. The number of aliphatic hydroxyl groups is 1. The van der Waals surface area contributed by atoms with E-state index in [0.29, 0.717) is 11.7 Å². The van der Waals surface area contributed by atoms with Gasteiger partial charge in [-0.1, -0.05) is 19.0 Å². The molecule has 0 spiro atoms. The third-order valence-electron chi connectivity index (χ3n) is 3.39. The van der Waals surface area contributed by atoms with E-state index in [1.807, 2.05) is 13.8 Å². The number of halogens is 1. The zero-order valence-electron chi connectivity index (χ0n) is 12.1. The van der Waals surface area contributed by atoms with Gasteiger partial charge in [0, 0.05) is 5.56 Å². The molecule has 0 saturated heterocycles. The Hall–Kier alpha value is -1.75. The highest BCUT2D eigenvalue weighted by Crippen LogP contribution is 2.29. The molecular formula is C15H19FN2O2. The highest BCUT2D eigenvalue weighted by atomic mass is 19.1. The molecule has 0 bridgehead atoms. The van der Waals surface area contributed by atoms with Gasteiger partial charge >= 0.3 is 0 Å². The van der Waals surface area contributed by atoms with Gasteiger partial charge < -0.3 is 9.63 Å². The van der Waals surface area contributed by atoms with Crippen LogP contribution in [0.5, 0.6) is 0 Å². The van der Waals surface area contributed by atoms with Gasteiger partial charge in [-0.3, -0.25) is 0 Å². The predicted octanol–water partition coefficient (Wildman–Crippen LogP) is 3.30. The second-order valence-electron chi connectivity index (χ2n) is 5.43. The summed E-state index contributed by atoms with van der Waals surface area (Å²) in [6, 6.07) is 4.43. The Bertz CT molecular complexity index is 585. The van der Waals surface area contributed by atoms with Crippen LogP contribution in [0.1, 0.15) is 38.1 Å². The quantitative estimate of drug-likeness (QED) is 0.932. The molecule has 0 amide bonds. The molecule has 0 aliphatic carbocycles. The summed E-state index contributed by atoms with van der Waals surface area (Å²) in [6.45, 7) is 7.48. The van der Waals surface area contributed by atoms with Crippen molar-refractivity contribution in [1.29, 1.82) is 0 Å². The van der Waals surface area contributed by atoms with Gasteiger partial charge in [-0.25, -0.2) is 4.39 Å². The average molecular weight is 278 g/mol. The lowest BCUT2D eigenvalue weighted by Gasteiger charge is -2.19. The van der Waals surface area contributed by atoms with Gasteiger partial charge in [-0.05, 0) is 43.5 Å². The standard InChI is InChI=1S/C15H19FN2O2/c1-8(2)13(10(4)19)15-17-14(18-20-15)12-6-5-11(16)7-9(12)3/h5-8,10,13,19H,1-4H3. The first-order chi connectivity index (χ1) is 9.40. The molecule has 2 aromatic rings. The van der Waals surface area contributed by atoms with Crippen molar-refractivity contribution in [2.24, 2.45) is 5.92 Å². The highest BCUT2D eigenvalue weighted by Gasteiger charge is 2.27. The largest absolute Gasteiger partial charge is 0.393 e. The van der Waals surface area contributed by atoms with Crippen molar-refractivity contribution < 1.29 is 14.0 Å². The number of benzene rings is 1. The third-order valence-corrected chi connectivity index (χ3v) is 3.39. The summed E-state index contributed by atoms with van der Waals surface area (Å²) in [4.78, 5) is 4.35. The summed E-state index contributed by atoms with van der Waals surface area (Å²) >= 11 is 0. The summed E-state index contributed by atoms with van der Waals surface area (Å²) in [5, 5.41) is 13.8. The molecule has 20 heavy (non-hydrogen) atoms. The van der Waals surface area contributed by atoms with Gasteiger partial charge in [-0.15, -0.1) is 0 Å². The number of rotatable bonds is 4. The van der Waals surface area contributed by atoms with Gasteiger partial charge in [0.1, 0.15) is 5.82 Å². The van der Waals surface area contributed by atoms with E-state index >= 15 is 0 Å². The third kappa shape index (κ3) is 2.88. The fraction of sp³-hybridized carbons (Fsp3) is 0.467. The molecule has 0 aliphatic heterocycles. The van der Waals surface area contributed by atoms with E-state index < -0.39 is 6.10 Å². The molecule has 0 aliphatic rings. The van der Waals surface area contributed by atoms with Crippen LogP contribution < -0.4 is 0 Å².